The molecular weight excluding hydrogens is 306 g/mol. The number of hydrogen-bond donors (Lipinski definition) is 0. The molecule has 24 heavy (non-hydrogen) atoms. The van der Waals surface area contributed by atoms with Gasteiger partial charge in [-0.1, -0.05) is 35.5 Å². The number of hydrogen-bond acceptors (Lipinski definition) is 5. The van der Waals surface area contributed by atoms with Crippen LogP contribution in [0.5, 0.6) is 0 Å². The Hall–Kier alpha value is -2.21. The van der Waals surface area contributed by atoms with E-state index in [1.54, 1.807) is 6.92 Å². The summed E-state index contributed by atoms with van der Waals surface area (Å²) in [6, 6.07) is 10.1. The maximum atomic E-state index is 12.5. The van der Waals surface area contributed by atoms with E-state index in [9.17, 15) is 4.79 Å². The van der Waals surface area contributed by atoms with Crippen molar-refractivity contribution < 1.29 is 14.1 Å². The molecule has 1 amide bonds. The van der Waals surface area contributed by atoms with Crippen LogP contribution in [0.25, 0.3) is 0 Å². The lowest BCUT2D eigenvalue weighted by atomic mass is 10.1. The molecule has 3 rings (SSSR count). The number of carbonyl (C=O) groups is 1. The van der Waals surface area contributed by atoms with Crippen LogP contribution in [0.1, 0.15) is 43.1 Å². The molecule has 2 atom stereocenters. The molecule has 0 saturated carbocycles. The molecule has 6 nitrogen and oxygen atoms in total. The SMILES string of the molecule is Cc1noc(CCCC(=O)N2C[C@@H](c3ccccc3)O[C@@H](C)C2)n1. The lowest BCUT2D eigenvalue weighted by Gasteiger charge is -2.37. The van der Waals surface area contributed by atoms with Crippen LogP contribution in [0.4, 0.5) is 0 Å². The van der Waals surface area contributed by atoms with E-state index in [4.69, 9.17) is 9.26 Å². The Kier molecular flexibility index (Phi) is 5.25. The highest BCUT2D eigenvalue weighted by atomic mass is 16.5. The van der Waals surface area contributed by atoms with E-state index in [0.717, 1.165) is 5.56 Å². The average Bonchev–Trinajstić information content (AvgIpc) is 3.00. The van der Waals surface area contributed by atoms with Gasteiger partial charge in [-0.3, -0.25) is 4.79 Å². The minimum Gasteiger partial charge on any atom is -0.367 e. The zero-order valence-corrected chi connectivity index (χ0v) is 14.1. The van der Waals surface area contributed by atoms with Crippen LogP contribution in [0.3, 0.4) is 0 Å². The first-order valence-corrected chi connectivity index (χ1v) is 8.39. The fraction of sp³-hybridized carbons (Fsp3) is 0.500. The maximum absolute atomic E-state index is 12.5. The van der Waals surface area contributed by atoms with Crippen molar-refractivity contribution in [2.24, 2.45) is 0 Å². The van der Waals surface area contributed by atoms with Crippen molar-refractivity contribution in [3.05, 3.63) is 47.6 Å². The van der Waals surface area contributed by atoms with Crippen molar-refractivity contribution in [1.29, 1.82) is 0 Å². The fourth-order valence-electron chi connectivity index (χ4n) is 3.00. The molecule has 0 N–H and O–H groups in total. The Morgan fingerprint density at radius 2 is 2.08 bits per heavy atom. The average molecular weight is 329 g/mol. The number of benzene rings is 1. The van der Waals surface area contributed by atoms with E-state index in [-0.39, 0.29) is 18.1 Å². The molecule has 2 heterocycles. The second-order valence-electron chi connectivity index (χ2n) is 6.23. The number of nitrogens with zero attached hydrogens (tertiary/aromatic N) is 3. The number of amides is 1. The van der Waals surface area contributed by atoms with Crippen LogP contribution in [-0.4, -0.2) is 40.1 Å². The van der Waals surface area contributed by atoms with E-state index in [2.05, 4.69) is 10.1 Å². The minimum atomic E-state index is -0.0579. The third-order valence-corrected chi connectivity index (χ3v) is 4.14. The molecule has 1 fully saturated rings. The van der Waals surface area contributed by atoms with Crippen LogP contribution >= 0.6 is 0 Å². The molecular formula is C18H23N3O3. The van der Waals surface area contributed by atoms with Crippen molar-refractivity contribution in [3.63, 3.8) is 0 Å². The molecule has 128 valence electrons. The first-order valence-electron chi connectivity index (χ1n) is 8.39. The Bertz CT molecular complexity index is 671. The molecule has 0 spiro atoms. The van der Waals surface area contributed by atoms with Crippen LogP contribution in [0.2, 0.25) is 0 Å². The summed E-state index contributed by atoms with van der Waals surface area (Å²) in [6.07, 6.45) is 1.80. The summed E-state index contributed by atoms with van der Waals surface area (Å²) in [5.74, 6) is 1.38. The Labute approximate surface area is 141 Å². The molecule has 1 aliphatic rings. The van der Waals surface area contributed by atoms with Crippen LogP contribution < -0.4 is 0 Å². The Morgan fingerprint density at radius 1 is 1.29 bits per heavy atom. The molecule has 0 radical (unpaired) electrons. The summed E-state index contributed by atoms with van der Waals surface area (Å²) in [5, 5.41) is 3.76. The molecule has 0 bridgehead atoms. The van der Waals surface area contributed by atoms with Gasteiger partial charge in [-0.15, -0.1) is 0 Å². The number of ether oxygens (including phenoxy) is 1. The van der Waals surface area contributed by atoms with E-state index in [1.165, 1.54) is 0 Å². The molecule has 1 saturated heterocycles. The largest absolute Gasteiger partial charge is 0.367 e. The molecule has 6 heteroatoms. The van der Waals surface area contributed by atoms with Gasteiger partial charge in [0.05, 0.1) is 12.6 Å². The fourth-order valence-corrected chi connectivity index (χ4v) is 3.00. The first kappa shape index (κ1) is 16.6. The minimum absolute atomic E-state index is 0.0338. The zero-order valence-electron chi connectivity index (χ0n) is 14.1. The van der Waals surface area contributed by atoms with Gasteiger partial charge in [0.1, 0.15) is 6.10 Å². The van der Waals surface area contributed by atoms with Crippen LogP contribution in [0, 0.1) is 6.92 Å². The van der Waals surface area contributed by atoms with E-state index < -0.39 is 0 Å². The Morgan fingerprint density at radius 3 is 2.79 bits per heavy atom. The highest BCUT2D eigenvalue weighted by Crippen LogP contribution is 2.25. The quantitative estimate of drug-likeness (QED) is 0.843. The van der Waals surface area contributed by atoms with Gasteiger partial charge in [-0.25, -0.2) is 0 Å². The summed E-state index contributed by atoms with van der Waals surface area (Å²) < 4.78 is 11.1. The van der Waals surface area contributed by atoms with Gasteiger partial charge >= 0.3 is 0 Å². The van der Waals surface area contributed by atoms with E-state index >= 15 is 0 Å². The van der Waals surface area contributed by atoms with Crippen LogP contribution in [-0.2, 0) is 16.0 Å². The lowest BCUT2D eigenvalue weighted by Crippen LogP contribution is -2.45. The van der Waals surface area contributed by atoms with Gasteiger partial charge in [-0.05, 0) is 25.8 Å². The van der Waals surface area contributed by atoms with Crippen molar-refractivity contribution >= 4 is 5.91 Å². The molecule has 0 unspecified atom stereocenters. The maximum Gasteiger partial charge on any atom is 0.226 e. The summed E-state index contributed by atoms with van der Waals surface area (Å²) in [4.78, 5) is 18.6. The third kappa shape index (κ3) is 4.20. The standard InChI is InChI=1S/C18H23N3O3/c1-13-11-21(12-16(23-13)15-7-4-3-5-8-15)18(22)10-6-9-17-19-14(2)20-24-17/h3-5,7-8,13,16H,6,9-12H2,1-2H3/t13-,16-/m0/s1. The molecule has 1 aromatic carbocycles. The lowest BCUT2D eigenvalue weighted by molar-refractivity contribution is -0.145. The Balaban J connectivity index is 1.53. The highest BCUT2D eigenvalue weighted by Gasteiger charge is 2.28. The summed E-state index contributed by atoms with van der Waals surface area (Å²) in [6.45, 7) is 5.04. The first-order chi connectivity index (χ1) is 11.6. The van der Waals surface area contributed by atoms with Crippen molar-refractivity contribution in [3.8, 4) is 0 Å². The smallest absolute Gasteiger partial charge is 0.226 e. The summed E-state index contributed by atoms with van der Waals surface area (Å²) in [5.41, 5.74) is 1.11. The number of carbonyl (C=O) groups excluding carboxylic acids is 1. The number of morpholine rings is 1. The predicted molar refractivity (Wildman–Crippen MR) is 88.3 cm³/mol. The van der Waals surface area contributed by atoms with Crippen LogP contribution in [0.15, 0.2) is 34.9 Å². The second-order valence-corrected chi connectivity index (χ2v) is 6.23. The number of rotatable bonds is 5. The molecule has 1 aliphatic heterocycles. The molecule has 0 aliphatic carbocycles. The van der Waals surface area contributed by atoms with E-state index in [0.29, 0.717) is 44.1 Å². The second kappa shape index (κ2) is 7.57. The molecule has 1 aromatic heterocycles. The number of aryl methyl sites for hydroxylation is 2. The molecule has 2 aromatic rings. The van der Waals surface area contributed by atoms with Crippen molar-refractivity contribution in [1.82, 2.24) is 15.0 Å². The van der Waals surface area contributed by atoms with Gasteiger partial charge in [0, 0.05) is 19.4 Å². The third-order valence-electron chi connectivity index (χ3n) is 4.14. The van der Waals surface area contributed by atoms with Gasteiger partial charge < -0.3 is 14.2 Å². The van der Waals surface area contributed by atoms with Gasteiger partial charge in [0.25, 0.3) is 0 Å². The number of aromatic nitrogens is 2. The summed E-state index contributed by atoms with van der Waals surface area (Å²) in [7, 11) is 0. The van der Waals surface area contributed by atoms with Crippen molar-refractivity contribution in [2.75, 3.05) is 13.1 Å². The zero-order chi connectivity index (χ0) is 16.9. The van der Waals surface area contributed by atoms with Gasteiger partial charge in [0.15, 0.2) is 5.82 Å². The topological polar surface area (TPSA) is 68.5 Å². The summed E-state index contributed by atoms with van der Waals surface area (Å²) >= 11 is 0. The normalized spacial score (nSPS) is 21.0. The highest BCUT2D eigenvalue weighted by molar-refractivity contribution is 5.76. The van der Waals surface area contributed by atoms with Gasteiger partial charge in [-0.2, -0.15) is 4.98 Å². The van der Waals surface area contributed by atoms with Gasteiger partial charge in [0.2, 0.25) is 11.8 Å². The van der Waals surface area contributed by atoms with E-state index in [1.807, 2.05) is 42.2 Å². The monoisotopic (exact) mass is 329 g/mol. The van der Waals surface area contributed by atoms with Crippen molar-refractivity contribution in [2.45, 2.75) is 45.3 Å². The predicted octanol–water partition coefficient (Wildman–Crippen LogP) is 2.69.